The van der Waals surface area contributed by atoms with E-state index in [0.29, 0.717) is 16.5 Å². The summed E-state index contributed by atoms with van der Waals surface area (Å²) in [6.07, 6.45) is 0. The van der Waals surface area contributed by atoms with Crippen LogP contribution >= 0.6 is 11.6 Å². The Bertz CT molecular complexity index is 1170. The molecule has 0 aliphatic carbocycles. The number of amidine groups is 1. The van der Waals surface area contributed by atoms with Gasteiger partial charge in [0.05, 0.1) is 5.69 Å². The van der Waals surface area contributed by atoms with Crippen LogP contribution in [0.5, 0.6) is 0 Å². The molecule has 0 aromatic heterocycles. The maximum absolute atomic E-state index is 12.9. The maximum Gasteiger partial charge on any atom is 0.265 e. The number of anilines is 1. The van der Waals surface area contributed by atoms with Gasteiger partial charge in [-0.25, -0.2) is 0 Å². The summed E-state index contributed by atoms with van der Waals surface area (Å²) in [7, 11) is 0. The number of amides is 1. The molecule has 3 aromatic carbocycles. The number of aryl methyl sites for hydroxylation is 2. The fourth-order valence-corrected chi connectivity index (χ4v) is 4.49. The number of hydrogen-bond donors (Lipinski definition) is 1. The Kier molecular flexibility index (Phi) is 4.29. The van der Waals surface area contributed by atoms with E-state index in [1.165, 1.54) is 0 Å². The smallest absolute Gasteiger partial charge is 0.265 e. The van der Waals surface area contributed by atoms with E-state index in [-0.39, 0.29) is 12.5 Å². The standard InChI is InChI=1S/C24H20ClN3O2/c1-15-10-16(2)12-17(11-15)23-27-30-24(18-6-4-3-5-7-18)20-13-19(25)8-9-21(20)26-22(29)14-28(23)24/h3-13H,14H2,1-2H3,(H,26,29)/t24-/m0/s1. The average molecular weight is 418 g/mol. The van der Waals surface area contributed by atoms with Crippen molar-refractivity contribution in [3.05, 3.63) is 99.6 Å². The summed E-state index contributed by atoms with van der Waals surface area (Å²) in [5.74, 6) is 0.479. The van der Waals surface area contributed by atoms with E-state index in [4.69, 9.17) is 16.4 Å². The normalized spacial score (nSPS) is 19.9. The van der Waals surface area contributed by atoms with Crippen molar-refractivity contribution in [2.45, 2.75) is 19.6 Å². The molecule has 0 spiro atoms. The summed E-state index contributed by atoms with van der Waals surface area (Å²) in [6, 6.07) is 21.4. The lowest BCUT2D eigenvalue weighted by molar-refractivity contribution is -0.121. The highest BCUT2D eigenvalue weighted by atomic mass is 35.5. The summed E-state index contributed by atoms with van der Waals surface area (Å²) >= 11 is 6.38. The first-order chi connectivity index (χ1) is 14.5. The predicted octanol–water partition coefficient (Wildman–Crippen LogP) is 4.80. The number of halogens is 1. The first kappa shape index (κ1) is 18.7. The summed E-state index contributed by atoms with van der Waals surface area (Å²) in [5.41, 5.74) is 4.31. The van der Waals surface area contributed by atoms with Crippen LogP contribution in [0.4, 0.5) is 5.69 Å². The van der Waals surface area contributed by atoms with Crippen molar-refractivity contribution >= 4 is 29.0 Å². The fraction of sp³-hybridized carbons (Fsp3) is 0.167. The lowest BCUT2D eigenvalue weighted by Gasteiger charge is -2.36. The molecule has 5 rings (SSSR count). The number of nitrogens with zero attached hydrogens (tertiary/aromatic N) is 2. The second-order valence-electron chi connectivity index (χ2n) is 7.72. The zero-order chi connectivity index (χ0) is 20.9. The highest BCUT2D eigenvalue weighted by Gasteiger charge is 2.53. The Labute approximate surface area is 179 Å². The molecule has 0 saturated heterocycles. The average Bonchev–Trinajstić information content (AvgIpc) is 3.03. The molecule has 0 fully saturated rings. The third-order valence-electron chi connectivity index (χ3n) is 5.47. The molecule has 0 saturated carbocycles. The van der Waals surface area contributed by atoms with Crippen LogP contribution in [0.1, 0.15) is 27.8 Å². The molecule has 3 aromatic rings. The minimum Gasteiger partial charge on any atom is -0.355 e. The topological polar surface area (TPSA) is 53.9 Å². The van der Waals surface area contributed by atoms with Gasteiger partial charge < -0.3 is 10.2 Å². The van der Waals surface area contributed by atoms with Gasteiger partial charge >= 0.3 is 0 Å². The maximum atomic E-state index is 12.9. The van der Waals surface area contributed by atoms with Crippen molar-refractivity contribution in [2.75, 3.05) is 11.9 Å². The van der Waals surface area contributed by atoms with Gasteiger partial charge in [0, 0.05) is 21.7 Å². The van der Waals surface area contributed by atoms with Crippen molar-refractivity contribution in [3.63, 3.8) is 0 Å². The molecule has 0 unspecified atom stereocenters. The molecule has 30 heavy (non-hydrogen) atoms. The molecule has 5 nitrogen and oxygen atoms in total. The van der Waals surface area contributed by atoms with E-state index in [1.54, 1.807) is 6.07 Å². The van der Waals surface area contributed by atoms with Crippen LogP contribution in [-0.4, -0.2) is 23.2 Å². The van der Waals surface area contributed by atoms with Gasteiger partial charge in [0.1, 0.15) is 6.54 Å². The molecular formula is C24H20ClN3O2. The minimum atomic E-state index is -1.10. The second-order valence-corrected chi connectivity index (χ2v) is 8.15. The number of carbonyl (C=O) groups excluding carboxylic acids is 1. The third kappa shape index (κ3) is 2.85. The zero-order valence-corrected chi connectivity index (χ0v) is 17.4. The molecule has 2 aliphatic heterocycles. The van der Waals surface area contributed by atoms with E-state index in [2.05, 4.69) is 28.7 Å². The second kappa shape index (κ2) is 6.89. The van der Waals surface area contributed by atoms with Crippen molar-refractivity contribution in [1.82, 2.24) is 4.90 Å². The Morgan fingerprint density at radius 2 is 1.77 bits per heavy atom. The van der Waals surface area contributed by atoms with E-state index in [9.17, 15) is 4.79 Å². The Morgan fingerprint density at radius 1 is 1.03 bits per heavy atom. The Hall–Kier alpha value is -3.31. The number of fused-ring (bicyclic) bond motifs is 3. The van der Waals surface area contributed by atoms with E-state index >= 15 is 0 Å². The van der Waals surface area contributed by atoms with Crippen LogP contribution in [0.3, 0.4) is 0 Å². The lowest BCUT2D eigenvalue weighted by Crippen LogP contribution is -2.48. The molecule has 1 atom stereocenters. The minimum absolute atomic E-state index is 0.0903. The molecule has 2 heterocycles. The van der Waals surface area contributed by atoms with Crippen LogP contribution < -0.4 is 5.32 Å². The van der Waals surface area contributed by atoms with E-state index in [1.807, 2.05) is 61.2 Å². The number of rotatable bonds is 2. The summed E-state index contributed by atoms with van der Waals surface area (Å²) in [4.78, 5) is 21.0. The van der Waals surface area contributed by atoms with Gasteiger partial charge in [0.15, 0.2) is 5.84 Å². The molecular weight excluding hydrogens is 398 g/mol. The third-order valence-corrected chi connectivity index (χ3v) is 5.70. The number of oxime groups is 1. The van der Waals surface area contributed by atoms with Crippen LogP contribution in [0.15, 0.2) is 71.9 Å². The van der Waals surface area contributed by atoms with E-state index < -0.39 is 5.72 Å². The molecule has 2 aliphatic rings. The summed E-state index contributed by atoms with van der Waals surface area (Å²) < 4.78 is 0. The van der Waals surface area contributed by atoms with Gasteiger partial charge in [-0.3, -0.25) is 9.69 Å². The van der Waals surface area contributed by atoms with Crippen LogP contribution in [-0.2, 0) is 15.4 Å². The molecule has 0 radical (unpaired) electrons. The molecule has 1 N–H and O–H groups in total. The summed E-state index contributed by atoms with van der Waals surface area (Å²) in [5, 5.41) is 8.06. The van der Waals surface area contributed by atoms with Crippen LogP contribution in [0.25, 0.3) is 0 Å². The van der Waals surface area contributed by atoms with Crippen LogP contribution in [0.2, 0.25) is 5.02 Å². The van der Waals surface area contributed by atoms with E-state index in [0.717, 1.165) is 27.8 Å². The Morgan fingerprint density at radius 3 is 2.50 bits per heavy atom. The summed E-state index contributed by atoms with van der Waals surface area (Å²) in [6.45, 7) is 4.18. The van der Waals surface area contributed by atoms with Gasteiger partial charge in [-0.1, -0.05) is 64.3 Å². The number of hydrogen-bond acceptors (Lipinski definition) is 4. The van der Waals surface area contributed by atoms with Gasteiger partial charge in [0.2, 0.25) is 5.91 Å². The van der Waals surface area contributed by atoms with Crippen molar-refractivity contribution in [2.24, 2.45) is 5.16 Å². The predicted molar refractivity (Wildman–Crippen MR) is 118 cm³/mol. The first-order valence-electron chi connectivity index (χ1n) is 9.75. The van der Waals surface area contributed by atoms with Gasteiger partial charge in [0.25, 0.3) is 5.72 Å². The van der Waals surface area contributed by atoms with Crippen molar-refractivity contribution in [1.29, 1.82) is 0 Å². The highest BCUT2D eigenvalue weighted by molar-refractivity contribution is 6.30. The molecule has 150 valence electrons. The fourth-order valence-electron chi connectivity index (χ4n) is 4.32. The lowest BCUT2D eigenvalue weighted by atomic mass is 9.91. The number of benzene rings is 3. The molecule has 0 bridgehead atoms. The van der Waals surface area contributed by atoms with Gasteiger partial charge in [-0.15, -0.1) is 0 Å². The monoisotopic (exact) mass is 417 g/mol. The number of nitrogens with one attached hydrogen (secondary N) is 1. The highest BCUT2D eigenvalue weighted by Crippen LogP contribution is 2.47. The Balaban J connectivity index is 1.77. The quantitative estimate of drug-likeness (QED) is 0.651. The van der Waals surface area contributed by atoms with Gasteiger partial charge in [-0.05, 0) is 44.2 Å². The largest absolute Gasteiger partial charge is 0.355 e. The van der Waals surface area contributed by atoms with Gasteiger partial charge in [-0.2, -0.15) is 0 Å². The van der Waals surface area contributed by atoms with Crippen molar-refractivity contribution < 1.29 is 9.63 Å². The number of carbonyl (C=O) groups is 1. The zero-order valence-electron chi connectivity index (χ0n) is 16.6. The molecule has 1 amide bonds. The first-order valence-corrected chi connectivity index (χ1v) is 10.1. The SMILES string of the molecule is Cc1cc(C)cc(C2=NO[C@@]3(c4ccccc4)c4cc(Cl)ccc4NC(=O)CN23)c1. The molecule has 6 heteroatoms. The van der Waals surface area contributed by atoms with Crippen molar-refractivity contribution in [3.8, 4) is 0 Å². The van der Waals surface area contributed by atoms with Crippen LogP contribution in [0, 0.1) is 13.8 Å².